The van der Waals surface area contributed by atoms with Crippen molar-refractivity contribution < 1.29 is 9.72 Å². The molecule has 0 unspecified atom stereocenters. The van der Waals surface area contributed by atoms with Gasteiger partial charge in [-0.1, -0.05) is 29.3 Å². The Bertz CT molecular complexity index is 1080. The molecular formula is C18H13Cl2N5O3. The molecule has 0 spiro atoms. The predicted octanol–water partition coefficient (Wildman–Crippen LogP) is 4.45. The quantitative estimate of drug-likeness (QED) is 0.362. The zero-order chi connectivity index (χ0) is 20.3. The molecule has 2 N–H and O–H groups in total. The summed E-state index contributed by atoms with van der Waals surface area (Å²) in [6.45, 7) is 1.68. The molecule has 0 bridgehead atoms. The third-order valence-corrected chi connectivity index (χ3v) is 4.60. The topological polar surface area (TPSA) is 113 Å². The fraction of sp³-hybridized carbons (Fsp3) is 0.0556. The molecule has 0 atom stereocenters. The van der Waals surface area contributed by atoms with Gasteiger partial charge in [0.05, 0.1) is 26.4 Å². The molecule has 28 heavy (non-hydrogen) atoms. The SMILES string of the molecule is CC(=NNC(=O)c1cc(-c2ccc(Cl)c(Cl)c2)n[nH]1)c1ccc([N+](=O)[O-])cc1. The number of aromatic nitrogens is 2. The van der Waals surface area contributed by atoms with Crippen molar-refractivity contribution in [2.24, 2.45) is 5.10 Å². The Hall–Kier alpha value is -3.23. The fourth-order valence-electron chi connectivity index (χ4n) is 2.33. The van der Waals surface area contributed by atoms with Gasteiger partial charge in [0.25, 0.3) is 11.6 Å². The number of nitrogens with zero attached hydrogens (tertiary/aromatic N) is 3. The van der Waals surface area contributed by atoms with Crippen LogP contribution in [-0.4, -0.2) is 26.7 Å². The highest BCUT2D eigenvalue weighted by atomic mass is 35.5. The lowest BCUT2D eigenvalue weighted by Crippen LogP contribution is -2.19. The number of H-pyrrole nitrogens is 1. The van der Waals surface area contributed by atoms with Crippen LogP contribution in [0.5, 0.6) is 0 Å². The van der Waals surface area contributed by atoms with E-state index in [1.54, 1.807) is 43.3 Å². The third kappa shape index (κ3) is 4.36. The van der Waals surface area contributed by atoms with Gasteiger partial charge in [-0.2, -0.15) is 10.2 Å². The molecule has 0 radical (unpaired) electrons. The minimum absolute atomic E-state index is 0.0205. The Labute approximate surface area is 169 Å². The molecule has 0 saturated heterocycles. The van der Waals surface area contributed by atoms with Gasteiger partial charge in [0.15, 0.2) is 0 Å². The highest BCUT2D eigenvalue weighted by molar-refractivity contribution is 6.42. The average molecular weight is 418 g/mol. The van der Waals surface area contributed by atoms with Crippen molar-refractivity contribution >= 4 is 40.5 Å². The monoisotopic (exact) mass is 417 g/mol. The number of rotatable bonds is 5. The van der Waals surface area contributed by atoms with Crippen LogP contribution in [0.25, 0.3) is 11.3 Å². The summed E-state index contributed by atoms with van der Waals surface area (Å²) in [6.07, 6.45) is 0. The molecule has 0 aliphatic heterocycles. The van der Waals surface area contributed by atoms with E-state index in [1.807, 2.05) is 0 Å². The van der Waals surface area contributed by atoms with E-state index >= 15 is 0 Å². The number of nitro groups is 1. The lowest BCUT2D eigenvalue weighted by molar-refractivity contribution is -0.384. The molecular weight excluding hydrogens is 405 g/mol. The molecule has 0 aliphatic rings. The molecule has 8 nitrogen and oxygen atoms in total. The summed E-state index contributed by atoms with van der Waals surface area (Å²) >= 11 is 11.9. The van der Waals surface area contributed by atoms with E-state index in [0.29, 0.717) is 32.6 Å². The summed E-state index contributed by atoms with van der Waals surface area (Å²) < 4.78 is 0. The molecule has 1 amide bonds. The van der Waals surface area contributed by atoms with Gasteiger partial charge in [-0.3, -0.25) is 20.0 Å². The summed E-state index contributed by atoms with van der Waals surface area (Å²) in [4.78, 5) is 22.5. The first kappa shape index (κ1) is 19.5. The highest BCUT2D eigenvalue weighted by Crippen LogP contribution is 2.27. The van der Waals surface area contributed by atoms with Crippen molar-refractivity contribution in [2.45, 2.75) is 6.92 Å². The summed E-state index contributed by atoms with van der Waals surface area (Å²) in [7, 11) is 0. The van der Waals surface area contributed by atoms with Crippen LogP contribution in [0.1, 0.15) is 23.0 Å². The van der Waals surface area contributed by atoms with Crippen molar-refractivity contribution in [3.05, 3.63) is 79.9 Å². The Kier molecular flexibility index (Phi) is 5.72. The van der Waals surface area contributed by atoms with E-state index in [9.17, 15) is 14.9 Å². The summed E-state index contributed by atoms with van der Waals surface area (Å²) in [5.74, 6) is -0.486. The van der Waals surface area contributed by atoms with Crippen LogP contribution in [-0.2, 0) is 0 Å². The molecule has 3 aromatic rings. The first-order valence-corrected chi connectivity index (χ1v) is 8.71. The zero-order valence-electron chi connectivity index (χ0n) is 14.4. The first-order chi connectivity index (χ1) is 13.3. The largest absolute Gasteiger partial charge is 0.289 e. The summed E-state index contributed by atoms with van der Waals surface area (Å²) in [5.41, 5.74) is 4.98. The minimum atomic E-state index is -0.486. The lowest BCUT2D eigenvalue weighted by Gasteiger charge is -2.01. The zero-order valence-corrected chi connectivity index (χ0v) is 16.0. The Balaban J connectivity index is 1.71. The average Bonchev–Trinajstić information content (AvgIpc) is 3.18. The number of carbonyl (C=O) groups excluding carboxylic acids is 1. The maximum absolute atomic E-state index is 12.3. The smallest absolute Gasteiger partial charge is 0.272 e. The third-order valence-electron chi connectivity index (χ3n) is 3.86. The number of carbonyl (C=O) groups is 1. The Morgan fingerprint density at radius 1 is 1.14 bits per heavy atom. The van der Waals surface area contributed by atoms with E-state index in [1.165, 1.54) is 12.1 Å². The second-order valence-corrected chi connectivity index (χ2v) is 6.55. The van der Waals surface area contributed by atoms with Crippen molar-refractivity contribution in [1.29, 1.82) is 0 Å². The van der Waals surface area contributed by atoms with Crippen LogP contribution in [0.4, 0.5) is 5.69 Å². The molecule has 1 aromatic heterocycles. The number of hydrogen-bond acceptors (Lipinski definition) is 5. The Morgan fingerprint density at radius 3 is 2.50 bits per heavy atom. The first-order valence-electron chi connectivity index (χ1n) is 7.95. The van der Waals surface area contributed by atoms with Crippen LogP contribution in [0, 0.1) is 10.1 Å². The minimum Gasteiger partial charge on any atom is -0.272 e. The van der Waals surface area contributed by atoms with Gasteiger partial charge in [-0.15, -0.1) is 0 Å². The van der Waals surface area contributed by atoms with Crippen molar-refractivity contribution in [2.75, 3.05) is 0 Å². The van der Waals surface area contributed by atoms with Crippen molar-refractivity contribution in [3.63, 3.8) is 0 Å². The molecule has 10 heteroatoms. The molecule has 1 heterocycles. The second-order valence-electron chi connectivity index (χ2n) is 5.74. The van der Waals surface area contributed by atoms with Crippen LogP contribution >= 0.6 is 23.2 Å². The van der Waals surface area contributed by atoms with Gasteiger partial charge in [0.2, 0.25) is 0 Å². The maximum atomic E-state index is 12.3. The van der Waals surface area contributed by atoms with Crippen molar-refractivity contribution in [1.82, 2.24) is 15.6 Å². The van der Waals surface area contributed by atoms with E-state index in [2.05, 4.69) is 20.7 Å². The van der Waals surface area contributed by atoms with Gasteiger partial charge >= 0.3 is 0 Å². The van der Waals surface area contributed by atoms with E-state index in [-0.39, 0.29) is 11.4 Å². The van der Waals surface area contributed by atoms with Crippen LogP contribution in [0.3, 0.4) is 0 Å². The highest BCUT2D eigenvalue weighted by Gasteiger charge is 2.12. The van der Waals surface area contributed by atoms with E-state index in [4.69, 9.17) is 23.2 Å². The number of halogens is 2. The van der Waals surface area contributed by atoms with Crippen LogP contribution in [0.15, 0.2) is 53.6 Å². The molecule has 2 aromatic carbocycles. The molecule has 0 aliphatic carbocycles. The standard InChI is InChI=1S/C18H13Cl2N5O3/c1-10(11-2-5-13(6-3-11)25(27)28)21-24-18(26)17-9-16(22-23-17)12-4-7-14(19)15(20)8-12/h2-9H,1H3,(H,22,23)(H,24,26). The number of nitro benzene ring substituents is 1. The Morgan fingerprint density at radius 2 is 1.86 bits per heavy atom. The van der Waals surface area contributed by atoms with Gasteiger partial charge < -0.3 is 0 Å². The summed E-state index contributed by atoms with van der Waals surface area (Å²) in [5, 5.41) is 22.2. The maximum Gasteiger partial charge on any atom is 0.289 e. The number of amides is 1. The molecule has 0 fully saturated rings. The number of nitrogens with one attached hydrogen (secondary N) is 2. The molecule has 142 valence electrons. The number of non-ortho nitro benzene ring substituents is 1. The van der Waals surface area contributed by atoms with Crippen molar-refractivity contribution in [3.8, 4) is 11.3 Å². The summed E-state index contributed by atoms with van der Waals surface area (Å²) in [6, 6.07) is 12.4. The van der Waals surface area contributed by atoms with Gasteiger partial charge in [-0.05, 0) is 42.8 Å². The van der Waals surface area contributed by atoms with Gasteiger partial charge in [0.1, 0.15) is 5.69 Å². The van der Waals surface area contributed by atoms with Crippen LogP contribution < -0.4 is 5.43 Å². The number of hydrazone groups is 1. The fourth-order valence-corrected chi connectivity index (χ4v) is 2.62. The lowest BCUT2D eigenvalue weighted by atomic mass is 10.1. The second kappa shape index (κ2) is 8.20. The van der Waals surface area contributed by atoms with Crippen LogP contribution in [0.2, 0.25) is 10.0 Å². The number of benzene rings is 2. The number of aromatic amines is 1. The van der Waals surface area contributed by atoms with E-state index < -0.39 is 10.8 Å². The molecule has 3 rings (SSSR count). The van der Waals surface area contributed by atoms with Gasteiger partial charge in [-0.25, -0.2) is 5.43 Å². The predicted molar refractivity (Wildman–Crippen MR) is 107 cm³/mol. The van der Waals surface area contributed by atoms with E-state index in [0.717, 1.165) is 0 Å². The van der Waals surface area contributed by atoms with Gasteiger partial charge in [0, 0.05) is 17.7 Å². The number of hydrogen-bond donors (Lipinski definition) is 2. The molecule has 0 saturated carbocycles. The normalized spacial score (nSPS) is 11.3.